The molecule has 0 aromatic heterocycles. The van der Waals surface area contributed by atoms with E-state index in [2.05, 4.69) is 15.9 Å². The number of benzene rings is 1. The van der Waals surface area contributed by atoms with Crippen molar-refractivity contribution in [3.8, 4) is 5.75 Å². The molecule has 1 aromatic rings. The summed E-state index contributed by atoms with van der Waals surface area (Å²) in [7, 11) is 0. The van der Waals surface area contributed by atoms with Gasteiger partial charge in [-0.2, -0.15) is 0 Å². The minimum Gasteiger partial charge on any atom is -0.487 e. The number of rotatable bonds is 2. The summed E-state index contributed by atoms with van der Waals surface area (Å²) in [4.78, 5) is 12.4. The first kappa shape index (κ1) is 14.5. The zero-order chi connectivity index (χ0) is 14.0. The molecule has 0 aliphatic carbocycles. The maximum absolute atomic E-state index is 11.0. The van der Waals surface area contributed by atoms with Crippen LogP contribution in [-0.4, -0.2) is 35.3 Å². The zero-order valence-electron chi connectivity index (χ0n) is 10.5. The van der Waals surface area contributed by atoms with Crippen LogP contribution in [0.4, 0.5) is 4.79 Å². The molecule has 0 bridgehead atoms. The molecule has 1 amide bonds. The molecule has 1 N–H and O–H groups in total. The fourth-order valence-corrected chi connectivity index (χ4v) is 3.27. The Bertz CT molecular complexity index is 472. The van der Waals surface area contributed by atoms with Crippen LogP contribution in [0.25, 0.3) is 0 Å². The van der Waals surface area contributed by atoms with Gasteiger partial charge in [0.2, 0.25) is 0 Å². The van der Waals surface area contributed by atoms with Gasteiger partial charge in [-0.15, -0.1) is 0 Å². The molecule has 1 aliphatic heterocycles. The molecule has 0 spiro atoms. The minimum atomic E-state index is -0.889. The van der Waals surface area contributed by atoms with Crippen LogP contribution >= 0.6 is 27.5 Å². The van der Waals surface area contributed by atoms with Crippen molar-refractivity contribution in [2.45, 2.75) is 25.9 Å². The van der Waals surface area contributed by atoms with E-state index in [1.165, 1.54) is 4.90 Å². The highest BCUT2D eigenvalue weighted by Gasteiger charge is 2.25. The quantitative estimate of drug-likeness (QED) is 0.881. The lowest BCUT2D eigenvalue weighted by molar-refractivity contribution is 0.0784. The van der Waals surface area contributed by atoms with Gasteiger partial charge in [-0.05, 0) is 53.4 Å². The Balaban J connectivity index is 2.11. The van der Waals surface area contributed by atoms with E-state index in [0.29, 0.717) is 18.1 Å². The lowest BCUT2D eigenvalue weighted by Crippen LogP contribution is -2.43. The third kappa shape index (κ3) is 3.54. The van der Waals surface area contributed by atoms with Crippen molar-refractivity contribution in [3.63, 3.8) is 0 Å². The third-order valence-corrected chi connectivity index (χ3v) is 3.93. The van der Waals surface area contributed by atoms with Crippen LogP contribution in [0.15, 0.2) is 16.6 Å². The molecule has 1 aliphatic rings. The molecule has 104 valence electrons. The number of halogens is 2. The first-order chi connectivity index (χ1) is 8.97. The average Bonchev–Trinajstić information content (AvgIpc) is 2.34. The Kier molecular flexibility index (Phi) is 4.58. The van der Waals surface area contributed by atoms with Gasteiger partial charge in [0.25, 0.3) is 0 Å². The van der Waals surface area contributed by atoms with Gasteiger partial charge >= 0.3 is 6.09 Å². The number of likely N-dealkylation sites (tertiary alicyclic amines) is 1. The zero-order valence-corrected chi connectivity index (χ0v) is 12.9. The fourth-order valence-electron chi connectivity index (χ4n) is 2.21. The van der Waals surface area contributed by atoms with E-state index in [1.807, 2.05) is 13.0 Å². The number of amides is 1. The average molecular weight is 349 g/mol. The van der Waals surface area contributed by atoms with Crippen LogP contribution in [-0.2, 0) is 0 Å². The van der Waals surface area contributed by atoms with Crippen molar-refractivity contribution in [3.05, 3.63) is 27.2 Å². The number of hydrogen-bond acceptors (Lipinski definition) is 2. The largest absolute Gasteiger partial charge is 0.487 e. The van der Waals surface area contributed by atoms with E-state index in [4.69, 9.17) is 21.4 Å². The summed E-state index contributed by atoms with van der Waals surface area (Å²) in [5.74, 6) is 0.738. The molecule has 2 rings (SSSR count). The Morgan fingerprint density at radius 3 is 2.95 bits per heavy atom. The Morgan fingerprint density at radius 2 is 2.32 bits per heavy atom. The lowest BCUT2D eigenvalue weighted by Gasteiger charge is -2.31. The lowest BCUT2D eigenvalue weighted by atomic mass is 10.1. The Labute approximate surface area is 125 Å². The van der Waals surface area contributed by atoms with Crippen LogP contribution in [0.3, 0.4) is 0 Å². The molecular weight excluding hydrogens is 334 g/mol. The van der Waals surface area contributed by atoms with E-state index >= 15 is 0 Å². The summed E-state index contributed by atoms with van der Waals surface area (Å²) in [6, 6.07) is 3.61. The first-order valence-corrected chi connectivity index (χ1v) is 7.24. The second-order valence-electron chi connectivity index (χ2n) is 4.64. The van der Waals surface area contributed by atoms with Gasteiger partial charge in [0.05, 0.1) is 11.0 Å². The second kappa shape index (κ2) is 6.01. The maximum atomic E-state index is 11.0. The van der Waals surface area contributed by atoms with E-state index in [9.17, 15) is 4.79 Å². The molecular formula is C13H15BrClNO3. The molecule has 0 saturated carbocycles. The maximum Gasteiger partial charge on any atom is 0.407 e. The van der Waals surface area contributed by atoms with Crippen molar-refractivity contribution < 1.29 is 14.6 Å². The highest BCUT2D eigenvalue weighted by molar-refractivity contribution is 9.10. The molecule has 4 nitrogen and oxygen atoms in total. The molecule has 1 fully saturated rings. The number of hydrogen-bond donors (Lipinski definition) is 1. The van der Waals surface area contributed by atoms with Crippen molar-refractivity contribution in [1.29, 1.82) is 0 Å². The van der Waals surface area contributed by atoms with Gasteiger partial charge in [-0.1, -0.05) is 11.6 Å². The normalized spacial score (nSPS) is 19.3. The van der Waals surface area contributed by atoms with E-state index in [0.717, 1.165) is 28.6 Å². The number of carbonyl (C=O) groups is 1. The van der Waals surface area contributed by atoms with Crippen LogP contribution in [0.2, 0.25) is 5.02 Å². The van der Waals surface area contributed by atoms with Crippen LogP contribution in [0.5, 0.6) is 5.75 Å². The van der Waals surface area contributed by atoms with Gasteiger partial charge in [0, 0.05) is 11.6 Å². The highest BCUT2D eigenvalue weighted by atomic mass is 79.9. The second-order valence-corrected chi connectivity index (χ2v) is 5.94. The molecule has 1 unspecified atom stereocenters. The molecule has 1 saturated heterocycles. The van der Waals surface area contributed by atoms with Gasteiger partial charge < -0.3 is 14.7 Å². The third-order valence-electron chi connectivity index (χ3n) is 3.13. The number of nitrogens with zero attached hydrogens (tertiary/aromatic N) is 1. The van der Waals surface area contributed by atoms with E-state index < -0.39 is 6.09 Å². The summed E-state index contributed by atoms with van der Waals surface area (Å²) >= 11 is 9.39. The molecule has 1 aromatic carbocycles. The molecule has 19 heavy (non-hydrogen) atoms. The fraction of sp³-hybridized carbons (Fsp3) is 0.462. The Hall–Kier alpha value is -0.940. The smallest absolute Gasteiger partial charge is 0.407 e. The summed E-state index contributed by atoms with van der Waals surface area (Å²) < 4.78 is 6.74. The van der Waals surface area contributed by atoms with Gasteiger partial charge in [0.1, 0.15) is 11.9 Å². The number of ether oxygens (including phenoxy) is 1. The highest BCUT2D eigenvalue weighted by Crippen LogP contribution is 2.33. The van der Waals surface area contributed by atoms with Crippen LogP contribution < -0.4 is 4.74 Å². The van der Waals surface area contributed by atoms with Crippen LogP contribution in [0.1, 0.15) is 18.4 Å². The molecule has 6 heteroatoms. The Morgan fingerprint density at radius 1 is 1.58 bits per heavy atom. The summed E-state index contributed by atoms with van der Waals surface area (Å²) in [6.07, 6.45) is 0.681. The standard InChI is InChI=1S/C13H15BrClNO3/c1-8-5-9(15)6-11(14)12(8)19-10-3-2-4-16(7-10)13(17)18/h5-6,10H,2-4,7H2,1H3,(H,17,18). The number of aryl methyl sites for hydroxylation is 1. The molecule has 1 atom stereocenters. The van der Waals surface area contributed by atoms with E-state index in [1.54, 1.807) is 6.07 Å². The van der Waals surface area contributed by atoms with E-state index in [-0.39, 0.29) is 6.10 Å². The van der Waals surface area contributed by atoms with Crippen molar-refractivity contribution in [1.82, 2.24) is 4.90 Å². The van der Waals surface area contributed by atoms with Crippen molar-refractivity contribution in [2.24, 2.45) is 0 Å². The van der Waals surface area contributed by atoms with Gasteiger partial charge in [-0.3, -0.25) is 0 Å². The van der Waals surface area contributed by atoms with Gasteiger partial charge in [0.15, 0.2) is 0 Å². The molecule has 1 heterocycles. The SMILES string of the molecule is Cc1cc(Cl)cc(Br)c1OC1CCCN(C(=O)O)C1. The predicted octanol–water partition coefficient (Wildman–Crippen LogP) is 3.93. The number of carboxylic acid groups (broad SMARTS) is 1. The summed E-state index contributed by atoms with van der Waals surface area (Å²) in [5, 5.41) is 9.66. The van der Waals surface area contributed by atoms with Crippen molar-refractivity contribution in [2.75, 3.05) is 13.1 Å². The minimum absolute atomic E-state index is 0.110. The first-order valence-electron chi connectivity index (χ1n) is 6.07. The topological polar surface area (TPSA) is 49.8 Å². The summed E-state index contributed by atoms with van der Waals surface area (Å²) in [5.41, 5.74) is 0.937. The predicted molar refractivity (Wildman–Crippen MR) is 77.1 cm³/mol. The van der Waals surface area contributed by atoms with Gasteiger partial charge in [-0.25, -0.2) is 4.79 Å². The molecule has 0 radical (unpaired) electrons. The van der Waals surface area contributed by atoms with Crippen LogP contribution in [0, 0.1) is 6.92 Å². The number of piperidine rings is 1. The monoisotopic (exact) mass is 347 g/mol. The summed E-state index contributed by atoms with van der Waals surface area (Å²) in [6.45, 7) is 2.91. The van der Waals surface area contributed by atoms with Crippen molar-refractivity contribution >= 4 is 33.6 Å².